The Morgan fingerprint density at radius 2 is 2.06 bits per heavy atom. The van der Waals surface area contributed by atoms with E-state index in [2.05, 4.69) is 32.5 Å². The van der Waals surface area contributed by atoms with Crippen LogP contribution in [-0.4, -0.2) is 15.2 Å². The summed E-state index contributed by atoms with van der Waals surface area (Å²) in [7, 11) is -1.19. The average molecular weight is 328 g/mol. The minimum absolute atomic E-state index is 0.301. The second-order valence-electron chi connectivity index (χ2n) is 5.59. The normalized spacial score (nSPS) is 17.1. The van der Waals surface area contributed by atoms with Crippen LogP contribution in [0.2, 0.25) is 0 Å². The van der Waals surface area contributed by atoms with E-state index in [0.717, 1.165) is 22.9 Å². The molecule has 1 aliphatic carbocycles. The molecule has 98 valence electrons. The maximum Gasteiger partial charge on any atom is 0.144 e. The van der Waals surface area contributed by atoms with Crippen molar-refractivity contribution in [2.75, 3.05) is 0 Å². The first kappa shape index (κ1) is 13.9. The Bertz CT molecular complexity index is 517. The van der Waals surface area contributed by atoms with E-state index in [9.17, 15) is 4.21 Å². The van der Waals surface area contributed by atoms with Gasteiger partial charge in [0, 0.05) is 10.7 Å². The average Bonchev–Trinajstić information content (AvgIpc) is 2.73. The largest absolute Gasteiger partial charge is 0.234 e. The fourth-order valence-corrected chi connectivity index (χ4v) is 3.27. The van der Waals surface area contributed by atoms with Crippen LogP contribution < -0.4 is 0 Å². The number of halogens is 1. The van der Waals surface area contributed by atoms with E-state index in [-0.39, 0.29) is 4.75 Å². The van der Waals surface area contributed by atoms with Crippen molar-refractivity contribution in [3.63, 3.8) is 0 Å². The van der Waals surface area contributed by atoms with E-state index < -0.39 is 11.0 Å². The van der Waals surface area contributed by atoms with Gasteiger partial charge in [0.25, 0.3) is 0 Å². The fourth-order valence-electron chi connectivity index (χ4n) is 2.02. The number of fused-ring (bicyclic) bond motifs is 1. The number of nitrogens with zero attached hydrogens (tertiary/aromatic N) is 1. The van der Waals surface area contributed by atoms with Crippen LogP contribution in [-0.2, 0) is 23.8 Å². The second kappa shape index (κ2) is 5.25. The van der Waals surface area contributed by atoms with E-state index in [1.165, 1.54) is 17.5 Å². The Morgan fingerprint density at radius 3 is 2.72 bits per heavy atom. The molecule has 0 spiro atoms. The molecule has 0 aromatic heterocycles. The summed E-state index contributed by atoms with van der Waals surface area (Å²) in [6.45, 7) is 5.79. The molecule has 18 heavy (non-hydrogen) atoms. The van der Waals surface area contributed by atoms with E-state index >= 15 is 0 Å². The molecule has 0 fully saturated rings. The van der Waals surface area contributed by atoms with E-state index in [1.807, 2.05) is 20.8 Å². The zero-order chi connectivity index (χ0) is 13.3. The van der Waals surface area contributed by atoms with Gasteiger partial charge in [-0.3, -0.25) is 0 Å². The smallest absolute Gasteiger partial charge is 0.144 e. The highest BCUT2D eigenvalue weighted by molar-refractivity contribution is 9.10. The Balaban J connectivity index is 2.23. The minimum atomic E-state index is -1.19. The standard InChI is InChI=1S/C14H18BrNOS/c1-14(2,3)18(17)16-9-10-7-11-5-4-6-12(11)13(15)8-10/h7-9H,4-6H2,1-3H3/b16-9-/t18-/m1/s1. The summed E-state index contributed by atoms with van der Waals surface area (Å²) in [5, 5.41) is 0. The van der Waals surface area contributed by atoms with Crippen molar-refractivity contribution in [2.45, 2.75) is 44.8 Å². The Morgan fingerprint density at radius 1 is 1.33 bits per heavy atom. The number of rotatable bonds is 2. The summed E-state index contributed by atoms with van der Waals surface area (Å²) in [5.74, 6) is 0. The molecule has 0 radical (unpaired) electrons. The van der Waals surface area contributed by atoms with E-state index in [1.54, 1.807) is 6.21 Å². The summed E-state index contributed by atoms with van der Waals surface area (Å²) in [4.78, 5) is 0. The maximum atomic E-state index is 11.9. The lowest BCUT2D eigenvalue weighted by molar-refractivity contribution is 0.651. The molecule has 0 heterocycles. The van der Waals surface area contributed by atoms with Crippen LogP contribution in [0, 0.1) is 0 Å². The van der Waals surface area contributed by atoms with Gasteiger partial charge >= 0.3 is 0 Å². The van der Waals surface area contributed by atoms with Gasteiger partial charge in [-0.05, 0) is 68.9 Å². The topological polar surface area (TPSA) is 29.4 Å². The summed E-state index contributed by atoms with van der Waals surface area (Å²) in [5.41, 5.74) is 3.84. The summed E-state index contributed by atoms with van der Waals surface area (Å²) < 4.78 is 16.9. The van der Waals surface area contributed by atoms with Crippen LogP contribution >= 0.6 is 15.9 Å². The van der Waals surface area contributed by atoms with Gasteiger partial charge in [-0.25, -0.2) is 4.21 Å². The molecule has 0 saturated carbocycles. The first-order valence-corrected chi connectivity index (χ1v) is 8.05. The summed E-state index contributed by atoms with van der Waals surface area (Å²) in [6, 6.07) is 4.23. The molecule has 4 heteroatoms. The molecule has 2 rings (SSSR count). The zero-order valence-electron chi connectivity index (χ0n) is 11.0. The van der Waals surface area contributed by atoms with Crippen LogP contribution in [0.5, 0.6) is 0 Å². The van der Waals surface area contributed by atoms with Crippen LogP contribution in [0.1, 0.15) is 43.9 Å². The van der Waals surface area contributed by atoms with Crippen molar-refractivity contribution >= 4 is 33.1 Å². The number of hydrogen-bond acceptors (Lipinski definition) is 1. The molecule has 1 aromatic carbocycles. The first-order valence-electron chi connectivity index (χ1n) is 6.15. The number of hydrogen-bond donors (Lipinski definition) is 0. The SMILES string of the molecule is CC(C)(C)[S@@](=O)/N=C\c1cc(Br)c2c(c1)CCC2. The van der Waals surface area contributed by atoms with Gasteiger partial charge in [-0.1, -0.05) is 15.9 Å². The van der Waals surface area contributed by atoms with Crippen LogP contribution in [0.4, 0.5) is 0 Å². The minimum Gasteiger partial charge on any atom is -0.234 e. The quantitative estimate of drug-likeness (QED) is 0.759. The van der Waals surface area contributed by atoms with Gasteiger partial charge in [0.15, 0.2) is 0 Å². The van der Waals surface area contributed by atoms with Crippen LogP contribution in [0.3, 0.4) is 0 Å². The fraction of sp³-hybridized carbons (Fsp3) is 0.500. The lowest BCUT2D eigenvalue weighted by Crippen LogP contribution is -2.19. The van der Waals surface area contributed by atoms with Crippen molar-refractivity contribution in [1.82, 2.24) is 0 Å². The highest BCUT2D eigenvalue weighted by Crippen LogP contribution is 2.30. The van der Waals surface area contributed by atoms with E-state index in [0.29, 0.717) is 0 Å². The molecular weight excluding hydrogens is 310 g/mol. The van der Waals surface area contributed by atoms with Crippen molar-refractivity contribution in [3.05, 3.63) is 33.3 Å². The first-order chi connectivity index (χ1) is 8.38. The van der Waals surface area contributed by atoms with Crippen LogP contribution in [0.25, 0.3) is 0 Å². The van der Waals surface area contributed by atoms with Gasteiger partial charge in [-0.2, -0.15) is 4.40 Å². The summed E-state index contributed by atoms with van der Waals surface area (Å²) in [6.07, 6.45) is 5.24. The van der Waals surface area contributed by atoms with Crippen molar-refractivity contribution in [2.24, 2.45) is 4.40 Å². The third-order valence-corrected chi connectivity index (χ3v) is 5.06. The van der Waals surface area contributed by atoms with E-state index in [4.69, 9.17) is 0 Å². The third-order valence-electron chi connectivity index (χ3n) is 3.00. The Hall–Kier alpha value is -0.480. The molecule has 1 atom stereocenters. The van der Waals surface area contributed by atoms with Crippen molar-refractivity contribution < 1.29 is 4.21 Å². The molecule has 0 N–H and O–H groups in total. The Kier molecular flexibility index (Phi) is 4.07. The summed E-state index contributed by atoms with van der Waals surface area (Å²) >= 11 is 3.61. The lowest BCUT2D eigenvalue weighted by atomic mass is 10.1. The van der Waals surface area contributed by atoms with Gasteiger partial charge in [0.2, 0.25) is 0 Å². The van der Waals surface area contributed by atoms with Gasteiger partial charge in [0.05, 0.1) is 4.75 Å². The number of benzene rings is 1. The lowest BCUT2D eigenvalue weighted by Gasteiger charge is -2.12. The van der Waals surface area contributed by atoms with Crippen LogP contribution in [0.15, 0.2) is 21.0 Å². The highest BCUT2D eigenvalue weighted by atomic mass is 79.9. The second-order valence-corrected chi connectivity index (χ2v) is 8.38. The van der Waals surface area contributed by atoms with Crippen molar-refractivity contribution in [3.8, 4) is 0 Å². The maximum absolute atomic E-state index is 11.9. The predicted molar refractivity (Wildman–Crippen MR) is 81.7 cm³/mol. The molecular formula is C14H18BrNOS. The molecule has 2 nitrogen and oxygen atoms in total. The number of aryl methyl sites for hydroxylation is 1. The molecule has 1 aliphatic rings. The van der Waals surface area contributed by atoms with Crippen molar-refractivity contribution in [1.29, 1.82) is 0 Å². The molecule has 0 amide bonds. The third kappa shape index (κ3) is 3.09. The van der Waals surface area contributed by atoms with Gasteiger partial charge in [0.1, 0.15) is 11.0 Å². The van der Waals surface area contributed by atoms with Gasteiger partial charge < -0.3 is 0 Å². The monoisotopic (exact) mass is 327 g/mol. The molecule has 1 aromatic rings. The Labute approximate surface area is 120 Å². The molecule has 0 aliphatic heterocycles. The molecule has 0 unspecified atom stereocenters. The molecule has 0 bridgehead atoms. The zero-order valence-corrected chi connectivity index (χ0v) is 13.4. The van der Waals surface area contributed by atoms with Gasteiger partial charge in [-0.15, -0.1) is 0 Å². The predicted octanol–water partition coefficient (Wildman–Crippen LogP) is 3.82. The highest BCUT2D eigenvalue weighted by Gasteiger charge is 2.18. The molecule has 0 saturated heterocycles.